The van der Waals surface area contributed by atoms with Gasteiger partial charge in [0.15, 0.2) is 0 Å². The van der Waals surface area contributed by atoms with Gasteiger partial charge in [-0.05, 0) is 33.6 Å². The van der Waals surface area contributed by atoms with E-state index in [1.165, 1.54) is 0 Å². The Bertz CT molecular complexity index is 506. The van der Waals surface area contributed by atoms with Crippen molar-refractivity contribution in [3.05, 3.63) is 11.9 Å². The predicted molar refractivity (Wildman–Crippen MR) is 75.1 cm³/mol. The van der Waals surface area contributed by atoms with Crippen LogP contribution in [0, 0.1) is 12.3 Å². The first-order chi connectivity index (χ1) is 9.44. The van der Waals surface area contributed by atoms with Crippen molar-refractivity contribution in [2.45, 2.75) is 33.6 Å². The van der Waals surface area contributed by atoms with Crippen LogP contribution in [0.5, 0.6) is 5.88 Å². The summed E-state index contributed by atoms with van der Waals surface area (Å²) in [6.45, 7) is 7.32. The number of carboxylic acid groups (broad SMARTS) is 1. The summed E-state index contributed by atoms with van der Waals surface area (Å²) in [6, 6.07) is 1.78. The molecule has 1 aromatic heterocycles. The van der Waals surface area contributed by atoms with E-state index in [9.17, 15) is 9.90 Å². The third-order valence-corrected chi connectivity index (χ3v) is 3.63. The molecule has 110 valence electrons. The van der Waals surface area contributed by atoms with Gasteiger partial charge >= 0.3 is 5.97 Å². The van der Waals surface area contributed by atoms with Gasteiger partial charge in [0.25, 0.3) is 0 Å². The molecule has 0 amide bonds. The molecule has 2 heterocycles. The summed E-state index contributed by atoms with van der Waals surface area (Å²) in [4.78, 5) is 22.0. The number of aryl methyl sites for hydroxylation is 1. The minimum atomic E-state index is -0.752. The second kappa shape index (κ2) is 5.64. The van der Waals surface area contributed by atoms with Crippen LogP contribution in [0.25, 0.3) is 0 Å². The van der Waals surface area contributed by atoms with Gasteiger partial charge in [-0.1, -0.05) is 0 Å². The highest BCUT2D eigenvalue weighted by Crippen LogP contribution is 2.32. The Morgan fingerprint density at radius 3 is 2.95 bits per heavy atom. The number of piperidine rings is 1. The number of anilines is 1. The lowest BCUT2D eigenvalue weighted by atomic mass is 9.82. The Labute approximate surface area is 118 Å². The van der Waals surface area contributed by atoms with Crippen molar-refractivity contribution < 1.29 is 14.6 Å². The van der Waals surface area contributed by atoms with Gasteiger partial charge in [-0.2, -0.15) is 4.98 Å². The molecule has 2 rings (SSSR count). The summed E-state index contributed by atoms with van der Waals surface area (Å²) in [6.07, 6.45) is 1.54. The first-order valence-electron chi connectivity index (χ1n) is 6.91. The van der Waals surface area contributed by atoms with Gasteiger partial charge in [0, 0.05) is 19.2 Å². The Balaban J connectivity index is 2.24. The maximum Gasteiger partial charge on any atom is 0.311 e. The molecular weight excluding hydrogens is 258 g/mol. The molecule has 1 N–H and O–H groups in total. The molecule has 0 saturated carbocycles. The SMILES string of the molecule is CCOc1cc(N2CCCC(C)(C(=O)O)C2)nc(C)n1. The fourth-order valence-corrected chi connectivity index (χ4v) is 2.52. The van der Waals surface area contributed by atoms with Gasteiger partial charge in [0.2, 0.25) is 5.88 Å². The van der Waals surface area contributed by atoms with Crippen LogP contribution in [-0.2, 0) is 4.79 Å². The molecule has 0 aliphatic carbocycles. The minimum absolute atomic E-state index is 0.463. The second-order valence-corrected chi connectivity index (χ2v) is 5.44. The normalized spacial score (nSPS) is 22.6. The van der Waals surface area contributed by atoms with E-state index in [1.54, 1.807) is 13.0 Å². The molecule has 0 aromatic carbocycles. The van der Waals surface area contributed by atoms with Gasteiger partial charge in [-0.15, -0.1) is 0 Å². The van der Waals surface area contributed by atoms with Gasteiger partial charge in [-0.3, -0.25) is 4.79 Å². The first kappa shape index (κ1) is 14.6. The molecular formula is C14H21N3O3. The molecule has 0 spiro atoms. The molecule has 0 radical (unpaired) electrons. The number of aromatic nitrogens is 2. The molecule has 6 nitrogen and oxygen atoms in total. The van der Waals surface area contributed by atoms with Crippen LogP contribution in [0.4, 0.5) is 5.82 Å². The second-order valence-electron chi connectivity index (χ2n) is 5.44. The van der Waals surface area contributed by atoms with Crippen molar-refractivity contribution in [3.8, 4) is 5.88 Å². The van der Waals surface area contributed by atoms with Crippen LogP contribution in [0.3, 0.4) is 0 Å². The number of carbonyl (C=O) groups is 1. The summed E-state index contributed by atoms with van der Waals surface area (Å²) >= 11 is 0. The zero-order valence-electron chi connectivity index (χ0n) is 12.2. The van der Waals surface area contributed by atoms with Crippen LogP contribution in [0.1, 0.15) is 32.5 Å². The van der Waals surface area contributed by atoms with Crippen LogP contribution in [0.2, 0.25) is 0 Å². The maximum atomic E-state index is 11.4. The molecule has 1 atom stereocenters. The Morgan fingerprint density at radius 1 is 1.55 bits per heavy atom. The van der Waals surface area contributed by atoms with Crippen molar-refractivity contribution in [2.24, 2.45) is 5.41 Å². The predicted octanol–water partition coefficient (Wildman–Crippen LogP) is 1.87. The lowest BCUT2D eigenvalue weighted by molar-refractivity contribution is -0.148. The third-order valence-electron chi connectivity index (χ3n) is 3.63. The number of hydrogen-bond acceptors (Lipinski definition) is 5. The number of aliphatic carboxylic acids is 1. The highest BCUT2D eigenvalue weighted by Gasteiger charge is 2.38. The lowest BCUT2D eigenvalue weighted by Gasteiger charge is -2.38. The lowest BCUT2D eigenvalue weighted by Crippen LogP contribution is -2.46. The van der Waals surface area contributed by atoms with Crippen LogP contribution < -0.4 is 9.64 Å². The molecule has 1 fully saturated rings. The van der Waals surface area contributed by atoms with Gasteiger partial charge in [0.05, 0.1) is 12.0 Å². The monoisotopic (exact) mass is 279 g/mol. The molecule has 1 saturated heterocycles. The van der Waals surface area contributed by atoms with E-state index in [-0.39, 0.29) is 0 Å². The van der Waals surface area contributed by atoms with Crippen molar-refractivity contribution in [2.75, 3.05) is 24.6 Å². The standard InChI is InChI=1S/C14H21N3O3/c1-4-20-12-8-11(15-10(2)16-12)17-7-5-6-14(3,9-17)13(18)19/h8H,4-7,9H2,1-3H3,(H,18,19). The van der Waals surface area contributed by atoms with E-state index in [0.717, 1.165) is 18.8 Å². The van der Waals surface area contributed by atoms with Crippen LogP contribution in [0.15, 0.2) is 6.07 Å². The molecule has 6 heteroatoms. The highest BCUT2D eigenvalue weighted by molar-refractivity contribution is 5.75. The first-order valence-corrected chi connectivity index (χ1v) is 6.91. The molecule has 1 aromatic rings. The number of nitrogens with zero attached hydrogens (tertiary/aromatic N) is 3. The van der Waals surface area contributed by atoms with E-state index < -0.39 is 11.4 Å². The molecule has 1 unspecified atom stereocenters. The Hall–Kier alpha value is -1.85. The summed E-state index contributed by atoms with van der Waals surface area (Å²) in [7, 11) is 0. The van der Waals surface area contributed by atoms with E-state index in [2.05, 4.69) is 9.97 Å². The third kappa shape index (κ3) is 3.00. The number of hydrogen-bond donors (Lipinski definition) is 1. The summed E-state index contributed by atoms with van der Waals surface area (Å²) in [5, 5.41) is 9.37. The molecule has 1 aliphatic rings. The van der Waals surface area contributed by atoms with Crippen LogP contribution in [-0.4, -0.2) is 40.7 Å². The van der Waals surface area contributed by atoms with Crippen molar-refractivity contribution in [1.29, 1.82) is 0 Å². The minimum Gasteiger partial charge on any atom is -0.481 e. The summed E-state index contributed by atoms with van der Waals surface area (Å²) < 4.78 is 5.42. The number of rotatable bonds is 4. The van der Waals surface area contributed by atoms with Crippen molar-refractivity contribution >= 4 is 11.8 Å². The average Bonchev–Trinajstić information content (AvgIpc) is 2.38. The number of carboxylic acids is 1. The summed E-state index contributed by atoms with van der Waals surface area (Å²) in [5.41, 5.74) is -0.719. The van der Waals surface area contributed by atoms with E-state index in [1.807, 2.05) is 18.7 Å². The highest BCUT2D eigenvalue weighted by atomic mass is 16.5. The number of ether oxygens (including phenoxy) is 1. The Morgan fingerprint density at radius 2 is 2.30 bits per heavy atom. The van der Waals surface area contributed by atoms with Crippen LogP contribution >= 0.6 is 0 Å². The fraction of sp³-hybridized carbons (Fsp3) is 0.643. The van der Waals surface area contributed by atoms with Crippen molar-refractivity contribution in [1.82, 2.24) is 9.97 Å². The fourth-order valence-electron chi connectivity index (χ4n) is 2.52. The maximum absolute atomic E-state index is 11.4. The van der Waals surface area contributed by atoms with Gasteiger partial charge in [-0.25, -0.2) is 4.98 Å². The average molecular weight is 279 g/mol. The largest absolute Gasteiger partial charge is 0.481 e. The van der Waals surface area contributed by atoms with E-state index in [0.29, 0.717) is 31.3 Å². The molecule has 1 aliphatic heterocycles. The topological polar surface area (TPSA) is 75.5 Å². The zero-order valence-corrected chi connectivity index (χ0v) is 12.2. The Kier molecular flexibility index (Phi) is 4.11. The molecule has 20 heavy (non-hydrogen) atoms. The van der Waals surface area contributed by atoms with Gasteiger partial charge < -0.3 is 14.7 Å². The van der Waals surface area contributed by atoms with E-state index in [4.69, 9.17) is 4.74 Å². The van der Waals surface area contributed by atoms with E-state index >= 15 is 0 Å². The summed E-state index contributed by atoms with van der Waals surface area (Å²) in [5.74, 6) is 1.16. The van der Waals surface area contributed by atoms with Gasteiger partial charge in [0.1, 0.15) is 11.6 Å². The zero-order chi connectivity index (χ0) is 14.8. The smallest absolute Gasteiger partial charge is 0.311 e. The quantitative estimate of drug-likeness (QED) is 0.907. The van der Waals surface area contributed by atoms with Crippen molar-refractivity contribution in [3.63, 3.8) is 0 Å². The molecule has 0 bridgehead atoms.